The lowest BCUT2D eigenvalue weighted by Crippen LogP contribution is -2.22. The summed E-state index contributed by atoms with van der Waals surface area (Å²) in [5.74, 6) is 0. The Labute approximate surface area is 164 Å². The van der Waals surface area contributed by atoms with Gasteiger partial charge in [-0.05, 0) is 23.8 Å². The van der Waals surface area contributed by atoms with E-state index in [4.69, 9.17) is 5.73 Å². The molecular weight excluding hydrogens is 342 g/mol. The molecule has 3 heteroatoms. The fourth-order valence-electron chi connectivity index (χ4n) is 3.93. The number of nitrogens with zero attached hydrogens (tertiary/aromatic N) is 1. The van der Waals surface area contributed by atoms with Crippen LogP contribution < -0.4 is 11.2 Å². The summed E-state index contributed by atoms with van der Waals surface area (Å²) in [6, 6.07) is 35.4. The first-order valence-electron chi connectivity index (χ1n) is 9.47. The zero-order valence-corrected chi connectivity index (χ0v) is 15.4. The van der Waals surface area contributed by atoms with Gasteiger partial charge in [-0.3, -0.25) is 4.68 Å². The van der Waals surface area contributed by atoms with E-state index in [0.29, 0.717) is 0 Å². The van der Waals surface area contributed by atoms with Crippen LogP contribution in [-0.2, 0) is 0 Å². The molecule has 5 rings (SSSR count). The van der Waals surface area contributed by atoms with Crippen LogP contribution in [0.3, 0.4) is 0 Å². The number of fused-ring (bicyclic) bond motifs is 3. The van der Waals surface area contributed by atoms with Crippen molar-refractivity contribution in [3.63, 3.8) is 0 Å². The molecule has 28 heavy (non-hydrogen) atoms. The molecule has 0 aliphatic carbocycles. The van der Waals surface area contributed by atoms with Gasteiger partial charge < -0.3 is 11.2 Å². The standard InChI is InChI=1S/C25H21N3/c26-22-15-7-4-14-21(22)25(18-10-2-1-3-11-18)27-28-23-16-8-5-12-19(23)20-13-6-9-17-24(20)28/h1-17,25,27H,26H2. The lowest BCUT2D eigenvalue weighted by atomic mass is 9.98. The number of anilines is 1. The summed E-state index contributed by atoms with van der Waals surface area (Å²) in [7, 11) is 0. The maximum absolute atomic E-state index is 6.36. The SMILES string of the molecule is Nc1ccccc1C(Nn1c2ccccc2c2ccccc21)c1ccccc1. The van der Waals surface area contributed by atoms with E-state index in [1.807, 2.05) is 24.3 Å². The van der Waals surface area contributed by atoms with E-state index in [1.165, 1.54) is 16.3 Å². The fraction of sp³-hybridized carbons (Fsp3) is 0.0400. The van der Waals surface area contributed by atoms with E-state index in [0.717, 1.165) is 22.3 Å². The molecule has 0 aliphatic rings. The maximum Gasteiger partial charge on any atom is 0.0944 e. The highest BCUT2D eigenvalue weighted by molar-refractivity contribution is 6.08. The van der Waals surface area contributed by atoms with Crippen molar-refractivity contribution in [3.05, 3.63) is 114 Å². The van der Waals surface area contributed by atoms with Crippen molar-refractivity contribution in [2.75, 3.05) is 11.2 Å². The van der Waals surface area contributed by atoms with E-state index in [2.05, 4.69) is 89.0 Å². The van der Waals surface area contributed by atoms with E-state index in [9.17, 15) is 0 Å². The molecule has 0 bridgehead atoms. The Morgan fingerprint density at radius 1 is 0.607 bits per heavy atom. The van der Waals surface area contributed by atoms with Crippen LogP contribution in [0.5, 0.6) is 0 Å². The highest BCUT2D eigenvalue weighted by Crippen LogP contribution is 2.32. The number of nitrogens with one attached hydrogen (secondary N) is 1. The topological polar surface area (TPSA) is 43.0 Å². The zero-order chi connectivity index (χ0) is 18.9. The van der Waals surface area contributed by atoms with Crippen molar-refractivity contribution in [1.82, 2.24) is 4.68 Å². The molecule has 0 spiro atoms. The van der Waals surface area contributed by atoms with Crippen molar-refractivity contribution in [2.24, 2.45) is 0 Å². The molecule has 3 N–H and O–H groups in total. The van der Waals surface area contributed by atoms with Gasteiger partial charge >= 0.3 is 0 Å². The molecule has 0 amide bonds. The second-order valence-corrected chi connectivity index (χ2v) is 6.97. The first-order chi connectivity index (χ1) is 13.8. The van der Waals surface area contributed by atoms with E-state index >= 15 is 0 Å². The van der Waals surface area contributed by atoms with Gasteiger partial charge in [-0.25, -0.2) is 0 Å². The number of hydrogen-bond donors (Lipinski definition) is 2. The van der Waals surface area contributed by atoms with Crippen molar-refractivity contribution in [1.29, 1.82) is 0 Å². The molecule has 0 fully saturated rings. The van der Waals surface area contributed by atoms with Crippen molar-refractivity contribution in [2.45, 2.75) is 6.04 Å². The summed E-state index contributed by atoms with van der Waals surface area (Å²) in [6.07, 6.45) is 0. The molecule has 5 aromatic rings. The van der Waals surface area contributed by atoms with Crippen LogP contribution in [-0.4, -0.2) is 4.68 Å². The Hall–Kier alpha value is -3.72. The number of nitrogens with two attached hydrogens (primary N) is 1. The van der Waals surface area contributed by atoms with Gasteiger partial charge in [-0.2, -0.15) is 0 Å². The average molecular weight is 363 g/mol. The summed E-state index contributed by atoms with van der Waals surface area (Å²) in [5.41, 5.74) is 15.4. The lowest BCUT2D eigenvalue weighted by molar-refractivity contribution is 0.796. The minimum atomic E-state index is -0.0680. The zero-order valence-electron chi connectivity index (χ0n) is 15.4. The van der Waals surface area contributed by atoms with Crippen molar-refractivity contribution < 1.29 is 0 Å². The number of para-hydroxylation sites is 3. The third-order valence-electron chi connectivity index (χ3n) is 5.28. The molecule has 0 saturated carbocycles. The maximum atomic E-state index is 6.36. The van der Waals surface area contributed by atoms with Crippen molar-refractivity contribution >= 4 is 27.5 Å². The van der Waals surface area contributed by atoms with Gasteiger partial charge in [0.1, 0.15) is 0 Å². The Bertz CT molecular complexity index is 1200. The first kappa shape index (κ1) is 16.5. The molecule has 3 nitrogen and oxygen atoms in total. The Morgan fingerprint density at radius 2 is 1.14 bits per heavy atom. The van der Waals surface area contributed by atoms with Crippen LogP contribution in [0.25, 0.3) is 21.8 Å². The average Bonchev–Trinajstić information content (AvgIpc) is 3.07. The Balaban J connectivity index is 1.73. The van der Waals surface area contributed by atoms with Crippen molar-refractivity contribution in [3.8, 4) is 0 Å². The second-order valence-electron chi connectivity index (χ2n) is 6.97. The Morgan fingerprint density at radius 3 is 1.79 bits per heavy atom. The highest BCUT2D eigenvalue weighted by atomic mass is 15.4. The smallest absolute Gasteiger partial charge is 0.0944 e. The molecule has 0 aliphatic heterocycles. The summed E-state index contributed by atoms with van der Waals surface area (Å²) >= 11 is 0. The number of benzene rings is 4. The van der Waals surface area contributed by atoms with Crippen LogP contribution >= 0.6 is 0 Å². The van der Waals surface area contributed by atoms with Crippen LogP contribution in [0.2, 0.25) is 0 Å². The third kappa shape index (κ3) is 2.69. The monoisotopic (exact) mass is 363 g/mol. The van der Waals surface area contributed by atoms with Gasteiger partial charge in [0, 0.05) is 22.0 Å². The highest BCUT2D eigenvalue weighted by Gasteiger charge is 2.19. The summed E-state index contributed by atoms with van der Waals surface area (Å²) < 4.78 is 2.19. The molecule has 136 valence electrons. The van der Waals surface area contributed by atoms with Crippen LogP contribution in [0.1, 0.15) is 17.2 Å². The van der Waals surface area contributed by atoms with E-state index in [1.54, 1.807) is 0 Å². The largest absolute Gasteiger partial charge is 0.398 e. The van der Waals surface area contributed by atoms with E-state index < -0.39 is 0 Å². The summed E-state index contributed by atoms with van der Waals surface area (Å²) in [4.78, 5) is 0. The van der Waals surface area contributed by atoms with Crippen LogP contribution in [0.4, 0.5) is 5.69 Å². The summed E-state index contributed by atoms with van der Waals surface area (Å²) in [5, 5.41) is 2.47. The molecule has 1 aromatic heterocycles. The third-order valence-corrected chi connectivity index (χ3v) is 5.28. The van der Waals surface area contributed by atoms with Gasteiger partial charge in [0.2, 0.25) is 0 Å². The molecule has 1 unspecified atom stereocenters. The molecule has 1 heterocycles. The number of rotatable bonds is 4. The Kier molecular flexibility index (Phi) is 3.99. The molecule has 1 atom stereocenters. The normalized spacial score (nSPS) is 12.3. The molecule has 0 saturated heterocycles. The number of hydrogen-bond acceptors (Lipinski definition) is 2. The van der Waals surface area contributed by atoms with Gasteiger partial charge in [-0.15, -0.1) is 0 Å². The van der Waals surface area contributed by atoms with Gasteiger partial charge in [0.15, 0.2) is 0 Å². The van der Waals surface area contributed by atoms with E-state index in [-0.39, 0.29) is 6.04 Å². The van der Waals surface area contributed by atoms with Gasteiger partial charge in [0.05, 0.1) is 17.1 Å². The summed E-state index contributed by atoms with van der Waals surface area (Å²) in [6.45, 7) is 0. The molecule has 4 aromatic carbocycles. The van der Waals surface area contributed by atoms with Gasteiger partial charge in [-0.1, -0.05) is 84.9 Å². The lowest BCUT2D eigenvalue weighted by Gasteiger charge is -2.24. The minimum Gasteiger partial charge on any atom is -0.398 e. The minimum absolute atomic E-state index is 0.0680. The predicted molar refractivity (Wildman–Crippen MR) is 118 cm³/mol. The molecule has 0 radical (unpaired) electrons. The van der Waals surface area contributed by atoms with Crippen LogP contribution in [0, 0.1) is 0 Å². The van der Waals surface area contributed by atoms with Gasteiger partial charge in [0.25, 0.3) is 0 Å². The van der Waals surface area contributed by atoms with Crippen LogP contribution in [0.15, 0.2) is 103 Å². The quantitative estimate of drug-likeness (QED) is 0.402. The number of nitrogen functional groups attached to an aromatic ring is 1. The number of aromatic nitrogens is 1. The molecular formula is C25H21N3. The predicted octanol–water partition coefficient (Wildman–Crippen LogP) is 5.71. The fourth-order valence-corrected chi connectivity index (χ4v) is 3.93. The second kappa shape index (κ2) is 6.78. The first-order valence-corrected chi connectivity index (χ1v) is 9.47.